The van der Waals surface area contributed by atoms with Crippen molar-refractivity contribution in [1.82, 2.24) is 15.8 Å². The monoisotopic (exact) mass is 273 g/mol. The summed E-state index contributed by atoms with van der Waals surface area (Å²) in [4.78, 5) is 0. The van der Waals surface area contributed by atoms with Gasteiger partial charge in [-0.3, -0.25) is 0 Å². The Kier molecular flexibility index (Phi) is 5.35. The number of benzene rings is 1. The molecule has 0 radical (unpaired) electrons. The van der Waals surface area contributed by atoms with Crippen molar-refractivity contribution in [2.75, 3.05) is 20.1 Å². The van der Waals surface area contributed by atoms with Crippen molar-refractivity contribution in [2.45, 2.75) is 39.3 Å². The van der Waals surface area contributed by atoms with Crippen LogP contribution in [0.5, 0.6) is 0 Å². The first kappa shape index (κ1) is 15.2. The van der Waals surface area contributed by atoms with Gasteiger partial charge in [0.25, 0.3) is 0 Å². The molecule has 2 rings (SSSR count). The van der Waals surface area contributed by atoms with E-state index in [2.05, 4.69) is 48.3 Å². The van der Waals surface area contributed by atoms with Crippen LogP contribution in [0.25, 0.3) is 6.08 Å². The Labute approximate surface area is 123 Å². The lowest BCUT2D eigenvalue weighted by atomic mass is 9.94. The fourth-order valence-corrected chi connectivity index (χ4v) is 2.69. The number of rotatable bonds is 7. The van der Waals surface area contributed by atoms with Crippen LogP contribution in [0.1, 0.15) is 48.2 Å². The van der Waals surface area contributed by atoms with Gasteiger partial charge in [-0.25, -0.2) is 10.4 Å². The van der Waals surface area contributed by atoms with E-state index in [0.29, 0.717) is 0 Å². The van der Waals surface area contributed by atoms with E-state index < -0.39 is 0 Å². The Balaban J connectivity index is 2.31. The highest BCUT2D eigenvalue weighted by Crippen LogP contribution is 2.24. The van der Waals surface area contributed by atoms with Crippen LogP contribution in [0, 0.1) is 6.92 Å². The molecule has 1 fully saturated rings. The minimum Gasteiger partial charge on any atom is -0.300 e. The number of aryl methyl sites for hydroxylation is 2. The van der Waals surface area contributed by atoms with E-state index in [9.17, 15) is 0 Å². The molecule has 0 spiro atoms. The summed E-state index contributed by atoms with van der Waals surface area (Å²) in [6, 6.07) is 4.60. The molecular weight excluding hydrogens is 246 g/mol. The summed E-state index contributed by atoms with van der Waals surface area (Å²) in [7, 11) is 2.01. The molecule has 1 heterocycles. The second-order valence-corrected chi connectivity index (χ2v) is 5.55. The molecule has 3 heteroatoms. The normalized spacial score (nSPS) is 16.8. The van der Waals surface area contributed by atoms with Gasteiger partial charge in [-0.05, 0) is 55.1 Å². The average Bonchev–Trinajstić information content (AvgIpc) is 2.39. The van der Waals surface area contributed by atoms with Crippen molar-refractivity contribution in [2.24, 2.45) is 0 Å². The molecule has 0 aliphatic carbocycles. The third-order valence-electron chi connectivity index (χ3n) is 4.03. The smallest absolute Gasteiger partial charge is 0.0966 e. The van der Waals surface area contributed by atoms with Crippen molar-refractivity contribution in [3.05, 3.63) is 41.0 Å². The number of hydrogen-bond donors (Lipinski definition) is 2. The lowest BCUT2D eigenvalue weighted by Crippen LogP contribution is -2.51. The van der Waals surface area contributed by atoms with E-state index >= 15 is 0 Å². The summed E-state index contributed by atoms with van der Waals surface area (Å²) in [6.45, 7) is 10.6. The van der Waals surface area contributed by atoms with E-state index in [1.54, 1.807) is 0 Å². The van der Waals surface area contributed by atoms with Crippen LogP contribution in [-0.2, 0) is 6.42 Å². The van der Waals surface area contributed by atoms with Crippen molar-refractivity contribution in [3.8, 4) is 0 Å². The van der Waals surface area contributed by atoms with E-state index in [-0.39, 0.29) is 6.17 Å². The molecule has 3 nitrogen and oxygen atoms in total. The summed E-state index contributed by atoms with van der Waals surface area (Å²) in [6.07, 6.45) is 5.70. The van der Waals surface area contributed by atoms with Gasteiger partial charge in [0.2, 0.25) is 0 Å². The zero-order valence-electron chi connectivity index (χ0n) is 13.0. The SMILES string of the molecule is C=Cc1cc(C(NC)NN2CCC2)c(CCC)cc1C. The lowest BCUT2D eigenvalue weighted by molar-refractivity contribution is 0.0780. The fraction of sp³-hybridized carbons (Fsp3) is 0.529. The Morgan fingerprint density at radius 3 is 2.65 bits per heavy atom. The molecule has 0 saturated carbocycles. The molecule has 1 unspecified atom stereocenters. The van der Waals surface area contributed by atoms with Crippen molar-refractivity contribution >= 4 is 6.08 Å². The lowest BCUT2D eigenvalue weighted by Gasteiger charge is -2.36. The zero-order chi connectivity index (χ0) is 14.5. The molecule has 1 aromatic rings. The van der Waals surface area contributed by atoms with Gasteiger partial charge in [0.15, 0.2) is 0 Å². The third kappa shape index (κ3) is 3.29. The van der Waals surface area contributed by atoms with E-state index in [0.717, 1.165) is 19.5 Å². The molecule has 20 heavy (non-hydrogen) atoms. The number of hydrazine groups is 1. The summed E-state index contributed by atoms with van der Waals surface area (Å²) < 4.78 is 0. The highest BCUT2D eigenvalue weighted by Gasteiger charge is 2.20. The van der Waals surface area contributed by atoms with Gasteiger partial charge in [-0.15, -0.1) is 0 Å². The van der Waals surface area contributed by atoms with Crippen LogP contribution in [0.4, 0.5) is 0 Å². The predicted molar refractivity (Wildman–Crippen MR) is 86.4 cm³/mol. The van der Waals surface area contributed by atoms with E-state index in [1.807, 2.05) is 13.1 Å². The average molecular weight is 273 g/mol. The van der Waals surface area contributed by atoms with Crippen LogP contribution in [-0.4, -0.2) is 25.1 Å². The molecule has 1 aliphatic heterocycles. The molecule has 2 N–H and O–H groups in total. The molecule has 1 aromatic carbocycles. The first-order valence-electron chi connectivity index (χ1n) is 7.63. The molecule has 110 valence electrons. The fourth-order valence-electron chi connectivity index (χ4n) is 2.69. The highest BCUT2D eigenvalue weighted by atomic mass is 15.6. The molecule has 0 amide bonds. The van der Waals surface area contributed by atoms with Gasteiger partial charge >= 0.3 is 0 Å². The summed E-state index contributed by atoms with van der Waals surface area (Å²) in [5.41, 5.74) is 8.90. The number of nitrogens with one attached hydrogen (secondary N) is 2. The van der Waals surface area contributed by atoms with Gasteiger partial charge in [0.05, 0.1) is 6.17 Å². The van der Waals surface area contributed by atoms with E-state index in [4.69, 9.17) is 0 Å². The van der Waals surface area contributed by atoms with Crippen molar-refractivity contribution in [1.29, 1.82) is 0 Å². The van der Waals surface area contributed by atoms with Crippen molar-refractivity contribution in [3.63, 3.8) is 0 Å². The van der Waals surface area contributed by atoms with Crippen LogP contribution in [0.15, 0.2) is 18.7 Å². The van der Waals surface area contributed by atoms with Crippen LogP contribution in [0.2, 0.25) is 0 Å². The van der Waals surface area contributed by atoms with Gasteiger partial charge in [-0.2, -0.15) is 0 Å². The van der Waals surface area contributed by atoms with Crippen molar-refractivity contribution < 1.29 is 0 Å². The molecule has 1 atom stereocenters. The first-order chi connectivity index (χ1) is 9.69. The second-order valence-electron chi connectivity index (χ2n) is 5.55. The quantitative estimate of drug-likeness (QED) is 0.748. The molecule has 1 saturated heterocycles. The molecule has 1 aliphatic rings. The largest absolute Gasteiger partial charge is 0.300 e. The summed E-state index contributed by atoms with van der Waals surface area (Å²) >= 11 is 0. The van der Waals surface area contributed by atoms with Crippen LogP contribution < -0.4 is 10.7 Å². The Bertz CT molecular complexity index is 464. The maximum Gasteiger partial charge on any atom is 0.0966 e. The highest BCUT2D eigenvalue weighted by molar-refractivity contribution is 5.55. The maximum absolute atomic E-state index is 3.93. The Morgan fingerprint density at radius 1 is 1.40 bits per heavy atom. The van der Waals surface area contributed by atoms with Gasteiger partial charge < -0.3 is 5.32 Å². The molecular formula is C17H27N3. The Morgan fingerprint density at radius 2 is 2.15 bits per heavy atom. The van der Waals surface area contributed by atoms with Gasteiger partial charge in [-0.1, -0.05) is 32.1 Å². The Hall–Kier alpha value is -1.16. The minimum atomic E-state index is 0.177. The van der Waals surface area contributed by atoms with E-state index in [1.165, 1.54) is 35.1 Å². The van der Waals surface area contributed by atoms with Crippen LogP contribution >= 0.6 is 0 Å². The van der Waals surface area contributed by atoms with Gasteiger partial charge in [0, 0.05) is 13.1 Å². The first-order valence-corrected chi connectivity index (χ1v) is 7.63. The minimum absolute atomic E-state index is 0.177. The second kappa shape index (κ2) is 7.02. The van der Waals surface area contributed by atoms with Crippen LogP contribution in [0.3, 0.4) is 0 Å². The third-order valence-corrected chi connectivity index (χ3v) is 4.03. The molecule has 0 aromatic heterocycles. The number of hydrogen-bond acceptors (Lipinski definition) is 3. The standard InChI is InChI=1S/C17H27N3/c1-5-8-15-11-13(3)14(6-2)12-16(15)17(18-4)19-20-9-7-10-20/h6,11-12,17-19H,2,5,7-10H2,1,3-4H3. The summed E-state index contributed by atoms with van der Waals surface area (Å²) in [5.74, 6) is 0. The number of nitrogens with zero attached hydrogens (tertiary/aromatic N) is 1. The topological polar surface area (TPSA) is 27.3 Å². The molecule has 0 bridgehead atoms. The van der Waals surface area contributed by atoms with Gasteiger partial charge in [0.1, 0.15) is 0 Å². The maximum atomic E-state index is 3.93. The zero-order valence-corrected chi connectivity index (χ0v) is 13.0. The summed E-state index contributed by atoms with van der Waals surface area (Å²) in [5, 5.41) is 5.68. The predicted octanol–water partition coefficient (Wildman–Crippen LogP) is 3.02.